The normalized spacial score (nSPS) is 32.1. The smallest absolute Gasteiger partial charge is 0.0252 e. The molecule has 2 N–H and O–H groups in total. The molecule has 2 rings (SSSR count). The largest absolute Gasteiger partial charge is 0.326 e. The maximum atomic E-state index is 6.52. The molecule has 0 aromatic heterocycles. The van der Waals surface area contributed by atoms with Crippen LogP contribution in [-0.2, 0) is 0 Å². The second-order valence-corrected chi connectivity index (χ2v) is 8.32. The lowest BCUT2D eigenvalue weighted by Crippen LogP contribution is -2.55. The summed E-state index contributed by atoms with van der Waals surface area (Å²) in [7, 11) is 0. The quantitative estimate of drug-likeness (QED) is 0.795. The van der Waals surface area contributed by atoms with E-state index in [0.717, 1.165) is 11.8 Å². The summed E-state index contributed by atoms with van der Waals surface area (Å²) >= 11 is 0. The van der Waals surface area contributed by atoms with Crippen LogP contribution in [0.5, 0.6) is 0 Å². The Hall–Kier alpha value is -0.0800. The Labute approximate surface area is 126 Å². The van der Waals surface area contributed by atoms with Gasteiger partial charge in [0.05, 0.1) is 0 Å². The fourth-order valence-corrected chi connectivity index (χ4v) is 3.88. The second-order valence-electron chi connectivity index (χ2n) is 8.32. The van der Waals surface area contributed by atoms with Crippen LogP contribution in [0, 0.1) is 17.3 Å². The lowest BCUT2D eigenvalue weighted by Gasteiger charge is -2.47. The predicted octanol–water partition coefficient (Wildman–Crippen LogP) is 4.04. The predicted molar refractivity (Wildman–Crippen MR) is 87.7 cm³/mol. The zero-order chi connectivity index (χ0) is 14.9. The summed E-state index contributed by atoms with van der Waals surface area (Å²) in [6.45, 7) is 13.2. The van der Waals surface area contributed by atoms with E-state index < -0.39 is 0 Å². The van der Waals surface area contributed by atoms with Crippen LogP contribution in [-0.4, -0.2) is 29.6 Å². The van der Waals surface area contributed by atoms with Gasteiger partial charge in [-0.05, 0) is 63.2 Å². The molecule has 0 heterocycles. The molecule has 0 aromatic carbocycles. The summed E-state index contributed by atoms with van der Waals surface area (Å²) in [5.41, 5.74) is 6.99. The Morgan fingerprint density at radius 3 is 2.30 bits per heavy atom. The number of hydrogen-bond donors (Lipinski definition) is 1. The van der Waals surface area contributed by atoms with Crippen molar-refractivity contribution in [2.75, 3.05) is 6.54 Å². The highest BCUT2D eigenvalue weighted by Crippen LogP contribution is 2.42. The number of hydrogen-bond acceptors (Lipinski definition) is 2. The third-order valence-corrected chi connectivity index (χ3v) is 6.14. The number of rotatable bonds is 6. The molecule has 0 bridgehead atoms. The zero-order valence-electron chi connectivity index (χ0n) is 14.4. The van der Waals surface area contributed by atoms with Crippen molar-refractivity contribution in [1.29, 1.82) is 0 Å². The fraction of sp³-hybridized carbons (Fsp3) is 1.00. The van der Waals surface area contributed by atoms with Crippen LogP contribution in [0.2, 0.25) is 0 Å². The number of nitrogens with two attached hydrogens (primary N) is 1. The monoisotopic (exact) mass is 280 g/mol. The molecule has 2 fully saturated rings. The van der Waals surface area contributed by atoms with E-state index in [-0.39, 0.29) is 0 Å². The van der Waals surface area contributed by atoms with E-state index in [1.165, 1.54) is 45.1 Å². The Kier molecular flexibility index (Phi) is 5.18. The van der Waals surface area contributed by atoms with E-state index in [0.29, 0.717) is 23.5 Å². The van der Waals surface area contributed by atoms with Gasteiger partial charge in [0.25, 0.3) is 0 Å². The average molecular weight is 280 g/mol. The highest BCUT2D eigenvalue weighted by atomic mass is 15.2. The van der Waals surface area contributed by atoms with Gasteiger partial charge in [0.2, 0.25) is 0 Å². The van der Waals surface area contributed by atoms with Crippen LogP contribution in [0.4, 0.5) is 0 Å². The topological polar surface area (TPSA) is 29.3 Å². The van der Waals surface area contributed by atoms with Gasteiger partial charge >= 0.3 is 0 Å². The molecule has 0 saturated heterocycles. The van der Waals surface area contributed by atoms with Gasteiger partial charge in [0, 0.05) is 24.7 Å². The van der Waals surface area contributed by atoms with Gasteiger partial charge in [-0.1, -0.05) is 27.2 Å². The van der Waals surface area contributed by atoms with Crippen molar-refractivity contribution in [2.24, 2.45) is 23.0 Å². The Balaban J connectivity index is 2.05. The molecule has 118 valence electrons. The molecule has 2 saturated carbocycles. The van der Waals surface area contributed by atoms with Gasteiger partial charge in [0.15, 0.2) is 0 Å². The zero-order valence-corrected chi connectivity index (χ0v) is 14.4. The van der Waals surface area contributed by atoms with Gasteiger partial charge in [0.1, 0.15) is 0 Å². The summed E-state index contributed by atoms with van der Waals surface area (Å²) in [6, 6.07) is 1.63. The third kappa shape index (κ3) is 3.76. The summed E-state index contributed by atoms with van der Waals surface area (Å²) < 4.78 is 0. The van der Waals surface area contributed by atoms with Crippen LogP contribution in [0.25, 0.3) is 0 Å². The first-order valence-corrected chi connectivity index (χ1v) is 8.86. The van der Waals surface area contributed by atoms with Crippen molar-refractivity contribution in [3.8, 4) is 0 Å². The highest BCUT2D eigenvalue weighted by Gasteiger charge is 2.40. The average Bonchev–Trinajstić information content (AvgIpc) is 3.20. The number of nitrogens with zero attached hydrogens (tertiary/aromatic N) is 1. The Morgan fingerprint density at radius 1 is 1.15 bits per heavy atom. The van der Waals surface area contributed by atoms with Crippen molar-refractivity contribution in [3.63, 3.8) is 0 Å². The van der Waals surface area contributed by atoms with Crippen LogP contribution < -0.4 is 5.73 Å². The van der Waals surface area contributed by atoms with Gasteiger partial charge < -0.3 is 5.73 Å². The van der Waals surface area contributed by atoms with Crippen LogP contribution in [0.3, 0.4) is 0 Å². The molecule has 0 radical (unpaired) electrons. The van der Waals surface area contributed by atoms with Gasteiger partial charge in [-0.2, -0.15) is 0 Å². The van der Waals surface area contributed by atoms with E-state index >= 15 is 0 Å². The van der Waals surface area contributed by atoms with Gasteiger partial charge in [-0.3, -0.25) is 4.90 Å². The molecule has 3 unspecified atom stereocenters. The maximum Gasteiger partial charge on any atom is 0.0252 e. The van der Waals surface area contributed by atoms with E-state index in [4.69, 9.17) is 5.73 Å². The SMILES string of the molecule is CCC(C)(C)C1CCC(N)C(N(CC2CC2)C(C)C)C1. The first-order valence-electron chi connectivity index (χ1n) is 8.86. The van der Waals surface area contributed by atoms with Crippen LogP contribution in [0.15, 0.2) is 0 Å². The minimum absolute atomic E-state index is 0.389. The van der Waals surface area contributed by atoms with Gasteiger partial charge in [-0.15, -0.1) is 0 Å². The van der Waals surface area contributed by atoms with Crippen LogP contribution in [0.1, 0.15) is 73.1 Å². The molecule has 2 aliphatic carbocycles. The minimum Gasteiger partial charge on any atom is -0.326 e. The Bertz CT molecular complexity index is 307. The summed E-state index contributed by atoms with van der Waals surface area (Å²) in [5.74, 6) is 1.81. The van der Waals surface area contributed by atoms with Crippen molar-refractivity contribution in [2.45, 2.75) is 91.3 Å². The molecule has 2 nitrogen and oxygen atoms in total. The molecule has 2 heteroatoms. The fourth-order valence-electron chi connectivity index (χ4n) is 3.88. The summed E-state index contributed by atoms with van der Waals surface area (Å²) in [5, 5.41) is 0. The van der Waals surface area contributed by atoms with Crippen LogP contribution >= 0.6 is 0 Å². The molecule has 0 aliphatic heterocycles. The molecule has 20 heavy (non-hydrogen) atoms. The van der Waals surface area contributed by atoms with Crippen molar-refractivity contribution in [1.82, 2.24) is 4.90 Å². The van der Waals surface area contributed by atoms with Gasteiger partial charge in [-0.25, -0.2) is 0 Å². The molecule has 2 aliphatic rings. The maximum absolute atomic E-state index is 6.52. The van der Waals surface area contributed by atoms with Crippen molar-refractivity contribution in [3.05, 3.63) is 0 Å². The second kappa shape index (κ2) is 6.36. The molecular weight excluding hydrogens is 244 g/mol. The highest BCUT2D eigenvalue weighted by molar-refractivity contribution is 4.95. The van der Waals surface area contributed by atoms with Crippen molar-refractivity contribution >= 4 is 0 Å². The van der Waals surface area contributed by atoms with E-state index in [1.54, 1.807) is 0 Å². The van der Waals surface area contributed by atoms with Crippen molar-refractivity contribution < 1.29 is 0 Å². The molecule has 0 amide bonds. The first-order chi connectivity index (χ1) is 9.35. The van der Waals surface area contributed by atoms with E-state index in [1.807, 2.05) is 0 Å². The summed E-state index contributed by atoms with van der Waals surface area (Å²) in [4.78, 5) is 2.74. The minimum atomic E-state index is 0.389. The lowest BCUT2D eigenvalue weighted by molar-refractivity contribution is 0.0409. The Morgan fingerprint density at radius 2 is 1.80 bits per heavy atom. The van der Waals surface area contributed by atoms with E-state index in [2.05, 4.69) is 39.5 Å². The molecule has 0 spiro atoms. The molecule has 3 atom stereocenters. The lowest BCUT2D eigenvalue weighted by atomic mass is 9.67. The molecular formula is C18H36N2. The summed E-state index contributed by atoms with van der Waals surface area (Å²) in [6.07, 6.45) is 8.02. The van der Waals surface area contributed by atoms with E-state index in [9.17, 15) is 0 Å². The standard InChI is InChI=1S/C18H36N2/c1-6-18(4,5)15-9-10-16(19)17(11-15)20(13(2)3)12-14-7-8-14/h13-17H,6-12,19H2,1-5H3. The first kappa shape index (κ1) is 16.3. The third-order valence-electron chi connectivity index (χ3n) is 6.14. The molecule has 0 aromatic rings.